The van der Waals surface area contributed by atoms with Crippen LogP contribution in [0.4, 0.5) is 28.4 Å². The molecule has 0 bridgehead atoms. The second kappa shape index (κ2) is 14.8. The molecule has 0 saturated carbocycles. The van der Waals surface area contributed by atoms with E-state index in [1.165, 1.54) is 5.69 Å². The van der Waals surface area contributed by atoms with Crippen molar-refractivity contribution in [3.8, 4) is 0 Å². The molecule has 0 aromatic heterocycles. The molecule has 0 aliphatic heterocycles. The summed E-state index contributed by atoms with van der Waals surface area (Å²) in [5.74, 6) is 0. The second-order valence-electron chi connectivity index (χ2n) is 9.53. The molecule has 3 aromatic carbocycles. The number of rotatable bonds is 12. The topological polar surface area (TPSA) is 96.4 Å². The fourth-order valence-corrected chi connectivity index (χ4v) is 4.54. The zero-order valence-corrected chi connectivity index (χ0v) is 24.0. The van der Waals surface area contributed by atoms with Gasteiger partial charge in [0.05, 0.1) is 47.4 Å². The van der Waals surface area contributed by atoms with Gasteiger partial charge in [0.2, 0.25) is 0 Å². The molecule has 4 rings (SSSR count). The Hall–Kier alpha value is -4.40. The number of aliphatic hydroxyl groups excluding tert-OH is 2. The Morgan fingerprint density at radius 1 is 0.659 bits per heavy atom. The molecule has 0 amide bonds. The zero-order chi connectivity index (χ0) is 29.0. The first-order valence-corrected chi connectivity index (χ1v) is 14.0. The van der Waals surface area contributed by atoms with Crippen molar-refractivity contribution in [3.05, 3.63) is 102 Å². The van der Waals surface area contributed by atoms with Gasteiger partial charge in [-0.1, -0.05) is 18.2 Å². The van der Waals surface area contributed by atoms with Crippen LogP contribution in [0, 0.1) is 6.92 Å². The second-order valence-corrected chi connectivity index (χ2v) is 9.53. The third kappa shape index (κ3) is 8.06. The van der Waals surface area contributed by atoms with Crippen LogP contribution in [0.2, 0.25) is 0 Å². The SMILES string of the molecule is CCN(CC)c1ccc(/N=C2C=CC(/N=N/c3ccc(N(CCO)CCO)cc3)=CC/2=N\c2ccccc2)c(C)c1. The van der Waals surface area contributed by atoms with E-state index in [1.807, 2.05) is 77.7 Å². The molecule has 0 radical (unpaired) electrons. The lowest BCUT2D eigenvalue weighted by Gasteiger charge is -2.22. The lowest BCUT2D eigenvalue weighted by molar-refractivity contribution is 0.281. The molecule has 1 aliphatic rings. The average Bonchev–Trinajstić information content (AvgIpc) is 3.00. The van der Waals surface area contributed by atoms with Crippen molar-refractivity contribution in [2.24, 2.45) is 20.2 Å². The van der Waals surface area contributed by atoms with E-state index in [9.17, 15) is 10.2 Å². The molecular weight excluding hydrogens is 512 g/mol. The molecule has 0 unspecified atom stereocenters. The summed E-state index contributed by atoms with van der Waals surface area (Å²) >= 11 is 0. The minimum absolute atomic E-state index is 0.0152. The van der Waals surface area contributed by atoms with Crippen molar-refractivity contribution < 1.29 is 10.2 Å². The van der Waals surface area contributed by atoms with Gasteiger partial charge in [-0.05, 0) is 99.2 Å². The minimum atomic E-state index is 0.0152. The maximum atomic E-state index is 9.30. The van der Waals surface area contributed by atoms with Crippen LogP contribution in [-0.2, 0) is 0 Å². The first kappa shape index (κ1) is 29.6. The molecule has 8 nitrogen and oxygen atoms in total. The maximum absolute atomic E-state index is 9.30. The normalized spacial score (nSPS) is 15.1. The highest BCUT2D eigenvalue weighted by molar-refractivity contribution is 6.52. The molecule has 1 aliphatic carbocycles. The average molecular weight is 551 g/mol. The van der Waals surface area contributed by atoms with E-state index in [1.54, 1.807) is 0 Å². The van der Waals surface area contributed by atoms with Crippen LogP contribution in [0.1, 0.15) is 19.4 Å². The van der Waals surface area contributed by atoms with Gasteiger partial charge in [-0.3, -0.25) is 0 Å². The molecule has 2 N–H and O–H groups in total. The first-order valence-electron chi connectivity index (χ1n) is 14.0. The third-order valence-corrected chi connectivity index (χ3v) is 6.75. The third-order valence-electron chi connectivity index (χ3n) is 6.75. The van der Waals surface area contributed by atoms with Crippen LogP contribution in [0.3, 0.4) is 0 Å². The first-order chi connectivity index (χ1) is 20.0. The van der Waals surface area contributed by atoms with Gasteiger partial charge in [-0.25, -0.2) is 9.98 Å². The quantitative estimate of drug-likeness (QED) is 0.193. The number of nitrogens with zero attached hydrogens (tertiary/aromatic N) is 6. The fourth-order valence-electron chi connectivity index (χ4n) is 4.54. The van der Waals surface area contributed by atoms with E-state index in [-0.39, 0.29) is 13.2 Å². The number of para-hydroxylation sites is 1. The van der Waals surface area contributed by atoms with E-state index >= 15 is 0 Å². The van der Waals surface area contributed by atoms with Crippen molar-refractivity contribution in [2.75, 3.05) is 49.2 Å². The lowest BCUT2D eigenvalue weighted by Crippen LogP contribution is -2.29. The number of azo groups is 1. The van der Waals surface area contributed by atoms with Gasteiger partial charge in [-0.15, -0.1) is 0 Å². The van der Waals surface area contributed by atoms with Crippen LogP contribution in [0.25, 0.3) is 0 Å². The number of hydrogen-bond acceptors (Lipinski definition) is 8. The summed E-state index contributed by atoms with van der Waals surface area (Å²) in [6.45, 7) is 9.25. The molecule has 41 heavy (non-hydrogen) atoms. The molecule has 0 spiro atoms. The van der Waals surface area contributed by atoms with E-state index in [0.29, 0.717) is 30.2 Å². The van der Waals surface area contributed by atoms with Gasteiger partial charge in [0, 0.05) is 37.6 Å². The molecule has 0 atom stereocenters. The monoisotopic (exact) mass is 550 g/mol. The van der Waals surface area contributed by atoms with Crippen LogP contribution in [0.15, 0.2) is 117 Å². The molecular formula is C33H38N6O2. The Kier molecular flexibility index (Phi) is 10.7. The molecule has 0 fully saturated rings. The Bertz CT molecular complexity index is 1430. The fraction of sp³-hybridized carbons (Fsp3) is 0.273. The molecule has 3 aromatic rings. The molecule has 8 heteroatoms. The van der Waals surface area contributed by atoms with Gasteiger partial charge in [0.1, 0.15) is 0 Å². The molecule has 0 saturated heterocycles. The Labute approximate surface area is 242 Å². The highest BCUT2D eigenvalue weighted by Gasteiger charge is 2.13. The zero-order valence-electron chi connectivity index (χ0n) is 24.0. The van der Waals surface area contributed by atoms with Gasteiger partial charge in [0.25, 0.3) is 0 Å². The highest BCUT2D eigenvalue weighted by Crippen LogP contribution is 2.27. The number of anilines is 2. The minimum Gasteiger partial charge on any atom is -0.395 e. The van der Waals surface area contributed by atoms with Gasteiger partial charge < -0.3 is 20.0 Å². The van der Waals surface area contributed by atoms with Gasteiger partial charge >= 0.3 is 0 Å². The predicted molar refractivity (Wildman–Crippen MR) is 170 cm³/mol. The van der Waals surface area contributed by atoms with Crippen LogP contribution in [-0.4, -0.2) is 61.0 Å². The van der Waals surface area contributed by atoms with Crippen LogP contribution in [0.5, 0.6) is 0 Å². The molecule has 0 heterocycles. The summed E-state index contributed by atoms with van der Waals surface area (Å²) in [6.07, 6.45) is 5.72. The Morgan fingerprint density at radius 2 is 1.34 bits per heavy atom. The number of aliphatic hydroxyl groups is 2. The van der Waals surface area contributed by atoms with E-state index in [2.05, 4.69) is 54.1 Å². The van der Waals surface area contributed by atoms with Crippen molar-refractivity contribution in [2.45, 2.75) is 20.8 Å². The van der Waals surface area contributed by atoms with E-state index < -0.39 is 0 Å². The van der Waals surface area contributed by atoms with Gasteiger partial charge in [0.15, 0.2) is 0 Å². The highest BCUT2D eigenvalue weighted by atomic mass is 16.3. The number of hydrogen-bond donors (Lipinski definition) is 2. The smallest absolute Gasteiger partial charge is 0.0915 e. The number of benzene rings is 3. The van der Waals surface area contributed by atoms with Crippen molar-refractivity contribution in [1.82, 2.24) is 0 Å². The number of aliphatic imine (C=N–C) groups is 2. The van der Waals surface area contributed by atoms with Crippen LogP contribution >= 0.6 is 0 Å². The van der Waals surface area contributed by atoms with Crippen molar-refractivity contribution >= 4 is 39.9 Å². The van der Waals surface area contributed by atoms with Gasteiger partial charge in [-0.2, -0.15) is 10.2 Å². The summed E-state index contributed by atoms with van der Waals surface area (Å²) in [5, 5.41) is 27.5. The summed E-state index contributed by atoms with van der Waals surface area (Å²) in [6, 6.07) is 23.7. The summed E-state index contributed by atoms with van der Waals surface area (Å²) in [5.41, 5.74) is 7.75. The number of aryl methyl sites for hydroxylation is 1. The van der Waals surface area contributed by atoms with Crippen molar-refractivity contribution in [3.63, 3.8) is 0 Å². The Balaban J connectivity index is 1.60. The summed E-state index contributed by atoms with van der Waals surface area (Å²) in [4.78, 5) is 14.1. The van der Waals surface area contributed by atoms with Crippen molar-refractivity contribution in [1.29, 1.82) is 0 Å². The van der Waals surface area contributed by atoms with E-state index in [4.69, 9.17) is 9.98 Å². The summed E-state index contributed by atoms with van der Waals surface area (Å²) in [7, 11) is 0. The predicted octanol–water partition coefficient (Wildman–Crippen LogP) is 6.72. The standard InChI is InChI=1S/C33H38N6O2/c1-4-38(5-2)30-16-18-31(25(3)23-30)35-32-17-13-28(24-33(32)34-26-9-7-6-8-10-26)37-36-27-11-14-29(15-12-27)39(19-21-40)20-22-41/h6-18,23-24,40-41H,4-5,19-22H2,1-3H3/b34-33+,35-32-,37-36+. The Morgan fingerprint density at radius 3 is 1.98 bits per heavy atom. The van der Waals surface area contributed by atoms with Crippen LogP contribution < -0.4 is 9.80 Å². The summed E-state index contributed by atoms with van der Waals surface area (Å²) < 4.78 is 0. The van der Waals surface area contributed by atoms with E-state index in [0.717, 1.165) is 41.4 Å². The largest absolute Gasteiger partial charge is 0.395 e. The lowest BCUT2D eigenvalue weighted by atomic mass is 10.1. The molecule has 212 valence electrons. The maximum Gasteiger partial charge on any atom is 0.0915 e. The number of allylic oxidation sites excluding steroid dienone is 3.